The average molecular weight is 1250 g/mol. The van der Waals surface area contributed by atoms with Crippen molar-refractivity contribution in [3.8, 4) is 34.9 Å². The lowest BCUT2D eigenvalue weighted by Crippen LogP contribution is -2.30. The van der Waals surface area contributed by atoms with Crippen molar-refractivity contribution in [2.24, 2.45) is 0 Å². The van der Waals surface area contributed by atoms with Gasteiger partial charge in [-0.05, 0) is 107 Å². The summed E-state index contributed by atoms with van der Waals surface area (Å²) in [4.78, 5) is 30.0. The fraction of sp³-hybridized carbons (Fsp3) is 0.299. The van der Waals surface area contributed by atoms with Gasteiger partial charge in [-0.2, -0.15) is 0 Å². The monoisotopic (exact) mass is 1250 g/mol. The highest BCUT2D eigenvalue weighted by molar-refractivity contribution is 8.00. The summed E-state index contributed by atoms with van der Waals surface area (Å²) in [6.45, 7) is 20.9. The second kappa shape index (κ2) is 25.1. The maximum atomic E-state index is 13.7. The number of carbonyl (C=O) groups excluding carboxylic acids is 2. The molecule has 2 aliphatic heterocycles. The molecule has 9 heteroatoms. The number of ketones is 2. The van der Waals surface area contributed by atoms with Gasteiger partial charge in [0.2, 0.25) is 0 Å². The molecule has 2 nitrogen and oxygen atoms in total. The summed E-state index contributed by atoms with van der Waals surface area (Å²) in [7, 11) is -4.54. The Bertz CT molecular complexity index is 4450. The van der Waals surface area contributed by atoms with Crippen LogP contribution in [0.5, 0.6) is 0 Å². The Labute approximate surface area is 530 Å². The van der Waals surface area contributed by atoms with Crippen LogP contribution in [-0.2, 0) is 0 Å². The number of rotatable bonds is 9. The summed E-state index contributed by atoms with van der Waals surface area (Å²) in [6, 6.07) is 54.1. The first-order valence-electron chi connectivity index (χ1n) is 31.1. The fourth-order valence-corrected chi connectivity index (χ4v) is 26.4. The molecule has 5 aliphatic rings. The number of thiophene rings is 2. The van der Waals surface area contributed by atoms with Crippen molar-refractivity contribution in [1.29, 1.82) is 0 Å². The smallest absolute Gasteiger partial charge is 0.195 e. The van der Waals surface area contributed by atoms with Crippen LogP contribution in [0, 0.1) is 34.9 Å². The molecule has 0 amide bonds. The zero-order valence-corrected chi connectivity index (χ0v) is 56.8. The van der Waals surface area contributed by atoms with Gasteiger partial charge in [-0.1, -0.05) is 197 Å². The Hall–Kier alpha value is -6.17. The number of terminal acetylenes is 1. The number of thioether (sulfide) groups is 2. The van der Waals surface area contributed by atoms with E-state index < -0.39 is 24.2 Å². The second-order valence-electron chi connectivity index (χ2n) is 23.6. The molecular weight excluding hydrogens is 1170 g/mol. The normalized spacial score (nSPS) is 17.8. The molecule has 4 heterocycles. The number of carbonyl (C=O) groups is 2. The van der Waals surface area contributed by atoms with Gasteiger partial charge in [0.25, 0.3) is 0 Å². The number of hydrogen-bond acceptors (Lipinski definition) is 6. The molecule has 434 valence electrons. The van der Waals surface area contributed by atoms with E-state index in [-0.39, 0.29) is 30.2 Å². The van der Waals surface area contributed by atoms with Crippen molar-refractivity contribution in [3.63, 3.8) is 0 Å². The lowest BCUT2D eigenvalue weighted by atomic mass is 9.75. The minimum atomic E-state index is -1.69. The third-order valence-electron chi connectivity index (χ3n) is 20.2. The van der Waals surface area contributed by atoms with Gasteiger partial charge in [-0.25, -0.2) is 0 Å². The Morgan fingerprint density at radius 3 is 1.50 bits per heavy atom. The molecule has 0 bridgehead atoms. The Morgan fingerprint density at radius 1 is 0.477 bits per heavy atom. The number of allylic oxidation sites excluding steroid dienone is 4. The highest BCUT2D eigenvalue weighted by Crippen LogP contribution is 2.60. The van der Waals surface area contributed by atoms with Gasteiger partial charge in [0, 0.05) is 111 Å². The molecule has 0 radical (unpaired) electrons. The van der Waals surface area contributed by atoms with E-state index in [4.69, 9.17) is 6.42 Å². The minimum absolute atomic E-state index is 0. The Balaban J connectivity index is 0.000000164. The van der Waals surface area contributed by atoms with E-state index in [0.717, 1.165) is 20.2 Å². The van der Waals surface area contributed by atoms with Gasteiger partial charge in [-0.15, -0.1) is 69.3 Å². The number of hydrogen-bond donors (Lipinski definition) is 0. The third kappa shape index (κ3) is 10.2. The van der Waals surface area contributed by atoms with Gasteiger partial charge in [0.05, 0.1) is 5.56 Å². The van der Waals surface area contributed by atoms with E-state index in [1.54, 1.807) is 23.1 Å². The fourth-order valence-electron chi connectivity index (χ4n) is 13.9. The van der Waals surface area contributed by atoms with Crippen molar-refractivity contribution in [2.75, 3.05) is 0 Å². The summed E-state index contributed by atoms with van der Waals surface area (Å²) >= 11 is 7.30. The molecule has 0 spiro atoms. The molecule has 3 aliphatic carbocycles. The number of Topliss-reactive ketones (excluding diaryl/α,β-unsaturated/α-hetero) is 2. The lowest BCUT2D eigenvalue weighted by molar-refractivity contribution is 0.0975. The Kier molecular flexibility index (Phi) is 18.0. The minimum Gasteiger partial charge on any atom is -0.289 e. The molecule has 14 rings (SSSR count). The van der Waals surface area contributed by atoms with Crippen LogP contribution < -0.4 is 0 Å². The van der Waals surface area contributed by atoms with Crippen LogP contribution in [0.25, 0.3) is 57.2 Å². The van der Waals surface area contributed by atoms with Crippen molar-refractivity contribution in [2.45, 2.75) is 156 Å². The third-order valence-corrected chi connectivity index (χ3v) is 39.6. The van der Waals surface area contributed by atoms with Crippen LogP contribution in [0.15, 0.2) is 160 Å². The first-order chi connectivity index (χ1) is 41.4. The van der Waals surface area contributed by atoms with Gasteiger partial charge in [-0.3, -0.25) is 9.59 Å². The first-order valence-corrected chi connectivity index (χ1v) is 42.3. The van der Waals surface area contributed by atoms with Crippen molar-refractivity contribution in [3.05, 3.63) is 195 Å². The van der Waals surface area contributed by atoms with Crippen LogP contribution in [0.4, 0.5) is 0 Å². The Morgan fingerprint density at radius 2 is 0.942 bits per heavy atom. The molecule has 86 heavy (non-hydrogen) atoms. The second-order valence-corrected chi connectivity index (χ2v) is 42.9. The highest BCUT2D eigenvalue weighted by atomic mass is 32.2. The maximum Gasteiger partial charge on any atom is 0.195 e. The van der Waals surface area contributed by atoms with Crippen LogP contribution in [0.1, 0.15) is 141 Å². The molecule has 2 aromatic heterocycles. The van der Waals surface area contributed by atoms with E-state index in [1.165, 1.54) is 129 Å². The largest absolute Gasteiger partial charge is 0.289 e. The summed E-state index contributed by atoms with van der Waals surface area (Å²) in [5, 5.41) is 7.83. The highest BCUT2D eigenvalue weighted by Gasteiger charge is 2.45. The van der Waals surface area contributed by atoms with Gasteiger partial charge in [0.15, 0.2) is 11.6 Å². The molecule has 0 saturated carbocycles. The van der Waals surface area contributed by atoms with Crippen LogP contribution >= 0.6 is 46.2 Å². The summed E-state index contributed by atoms with van der Waals surface area (Å²) in [5.41, 5.74) is 21.5. The van der Waals surface area contributed by atoms with E-state index in [9.17, 15) is 9.59 Å². The molecule has 0 N–H and O–H groups in total. The number of benzene rings is 7. The van der Waals surface area contributed by atoms with E-state index in [0.29, 0.717) is 33.4 Å². The molecule has 7 aromatic carbocycles. The molecule has 9 aromatic rings. The SMILES string of the molecule is C.C#C[Si](CC)(CC)CC.CC[Si](C#Cc1c2c(c(C#C[Si](CC)(CC)CC)c3c1ccc1c4ccccc4sc13)C=CC1c3ccccc3SC21)(CC)CC.O=C1C2=C(C=CC3c4ccccc4SC23)C(=O)c2c1ccc1c2sc2ccccc21. The van der Waals surface area contributed by atoms with Crippen LogP contribution in [0.2, 0.25) is 54.4 Å². The van der Waals surface area contributed by atoms with Crippen molar-refractivity contribution >= 4 is 139 Å². The summed E-state index contributed by atoms with van der Waals surface area (Å²) in [6.07, 6.45) is 14.4. The van der Waals surface area contributed by atoms with Crippen LogP contribution in [0.3, 0.4) is 0 Å². The standard InChI is InChI=1S/C42H44S2Si2.C26H14O2S2.C8H16Si.CH4/c1-7-45(8-2,9-3)27-25-33-31-21-23-36-30-18-14-16-20-38(30)44-42(36)40(31)34(26-28-46(10-4,11-5)12-6)32-22-24-35-29-17-13-15-19-37(29)43-41(35)39(32)33;27-23-18-12-10-16-14-6-2-4-8-20(14)30-26(16)22(18)24(28)17-11-9-15-13-5-1-3-7-19(13)29-25(15)21(17)23;1-5-9(6-2,7-3)8-4;/h13-24,35,41H,7-12H2,1-6H3;1-12,15,25H;1H,6-8H2,2-4H3;1H4. The summed E-state index contributed by atoms with van der Waals surface area (Å²) < 4.78 is 4.78. The quantitative estimate of drug-likeness (QED) is 0.107. The first kappa shape index (κ1) is 61.5. The van der Waals surface area contributed by atoms with Crippen molar-refractivity contribution in [1.82, 2.24) is 0 Å². The molecular formula is C77H78O2S4Si3. The number of fused-ring (bicyclic) bond motifs is 19. The van der Waals surface area contributed by atoms with Gasteiger partial charge < -0.3 is 0 Å². The predicted octanol–water partition coefficient (Wildman–Crippen LogP) is 22.8. The molecule has 4 unspecified atom stereocenters. The zero-order valence-electron chi connectivity index (χ0n) is 50.6. The van der Waals surface area contributed by atoms with Crippen molar-refractivity contribution < 1.29 is 9.59 Å². The van der Waals surface area contributed by atoms with E-state index in [1.807, 2.05) is 65.6 Å². The molecule has 0 fully saturated rings. The van der Waals surface area contributed by atoms with Gasteiger partial charge >= 0.3 is 0 Å². The molecule has 0 saturated heterocycles. The summed E-state index contributed by atoms with van der Waals surface area (Å²) in [5.74, 6) is 8.52. The lowest BCUT2D eigenvalue weighted by Gasteiger charge is -2.29. The molecule has 4 atom stereocenters. The average Bonchev–Trinajstić information content (AvgIpc) is 1.54. The topological polar surface area (TPSA) is 34.1 Å². The predicted molar refractivity (Wildman–Crippen MR) is 388 cm³/mol. The maximum absolute atomic E-state index is 13.7. The van der Waals surface area contributed by atoms with Crippen LogP contribution in [-0.4, -0.2) is 41.0 Å². The zero-order chi connectivity index (χ0) is 59.4. The van der Waals surface area contributed by atoms with E-state index in [2.05, 4.69) is 194 Å². The van der Waals surface area contributed by atoms with Gasteiger partial charge in [0.1, 0.15) is 24.2 Å². The van der Waals surface area contributed by atoms with E-state index >= 15 is 0 Å².